The number of aliphatic imine (C=N–C) groups is 1. The van der Waals surface area contributed by atoms with Gasteiger partial charge in [0.05, 0.1) is 13.2 Å². The summed E-state index contributed by atoms with van der Waals surface area (Å²) in [6.45, 7) is 0.771. The van der Waals surface area contributed by atoms with Crippen LogP contribution in [-0.4, -0.2) is 85.5 Å². The van der Waals surface area contributed by atoms with Gasteiger partial charge in [-0.05, 0) is 24.1 Å². The second kappa shape index (κ2) is 11.3. The SMILES string of the molecule is COCCNC(=O)C1=C[N+]2=C3C(=NC=C(Cc4ccc(F)cc4)C3O1)C(O)=C(C(=O)NCCOC)C2=O. The number of amides is 3. The zero-order valence-corrected chi connectivity index (χ0v) is 20.2. The van der Waals surface area contributed by atoms with Crippen molar-refractivity contribution >= 4 is 29.1 Å². The molecule has 1 unspecified atom stereocenters. The molecule has 194 valence electrons. The van der Waals surface area contributed by atoms with Crippen LogP contribution in [0.2, 0.25) is 0 Å². The fraction of sp³-hybridized carbons (Fsp3) is 0.320. The predicted molar refractivity (Wildman–Crippen MR) is 128 cm³/mol. The topological polar surface area (TPSA) is 139 Å². The maximum atomic E-state index is 13.4. The Kier molecular flexibility index (Phi) is 7.89. The van der Waals surface area contributed by atoms with E-state index in [4.69, 9.17) is 14.2 Å². The third-order valence-corrected chi connectivity index (χ3v) is 5.79. The summed E-state index contributed by atoms with van der Waals surface area (Å²) >= 11 is 0. The van der Waals surface area contributed by atoms with Gasteiger partial charge in [-0.15, -0.1) is 4.58 Å². The first-order chi connectivity index (χ1) is 17.8. The molecule has 1 aromatic carbocycles. The molecular weight excluding hydrogens is 487 g/mol. The van der Waals surface area contributed by atoms with Crippen LogP contribution in [0.15, 0.2) is 64.3 Å². The molecule has 0 saturated carbocycles. The molecule has 3 N–H and O–H groups in total. The van der Waals surface area contributed by atoms with Crippen LogP contribution < -0.4 is 10.6 Å². The van der Waals surface area contributed by atoms with E-state index in [0.717, 1.165) is 10.1 Å². The van der Waals surface area contributed by atoms with Crippen molar-refractivity contribution in [3.05, 3.63) is 70.7 Å². The number of carbonyl (C=O) groups is 3. The highest BCUT2D eigenvalue weighted by Crippen LogP contribution is 2.30. The summed E-state index contributed by atoms with van der Waals surface area (Å²) in [4.78, 5) is 43.3. The van der Waals surface area contributed by atoms with Gasteiger partial charge in [-0.2, -0.15) is 0 Å². The van der Waals surface area contributed by atoms with E-state index in [0.29, 0.717) is 5.57 Å². The summed E-state index contributed by atoms with van der Waals surface area (Å²) in [5.74, 6) is -3.43. The molecule has 0 spiro atoms. The molecule has 11 nitrogen and oxygen atoms in total. The van der Waals surface area contributed by atoms with E-state index in [1.807, 2.05) is 0 Å². The van der Waals surface area contributed by atoms with Gasteiger partial charge in [0, 0.05) is 39.1 Å². The molecule has 0 bridgehead atoms. The lowest BCUT2D eigenvalue weighted by Crippen LogP contribution is -2.52. The van der Waals surface area contributed by atoms with Crippen LogP contribution in [0.4, 0.5) is 4.39 Å². The molecule has 1 aromatic rings. The Morgan fingerprint density at radius 1 is 1.11 bits per heavy atom. The van der Waals surface area contributed by atoms with E-state index in [1.165, 1.54) is 38.8 Å². The molecule has 0 radical (unpaired) electrons. The Balaban J connectivity index is 1.74. The van der Waals surface area contributed by atoms with Crippen LogP contribution in [0, 0.1) is 5.82 Å². The second-order valence-corrected chi connectivity index (χ2v) is 8.26. The van der Waals surface area contributed by atoms with Crippen LogP contribution in [0.3, 0.4) is 0 Å². The van der Waals surface area contributed by atoms with Crippen molar-refractivity contribution in [2.24, 2.45) is 4.99 Å². The van der Waals surface area contributed by atoms with E-state index < -0.39 is 41.0 Å². The molecule has 12 heteroatoms. The largest absolute Gasteiger partial charge is 0.504 e. The highest BCUT2D eigenvalue weighted by Gasteiger charge is 2.52. The number of carbonyl (C=O) groups excluding carboxylic acids is 3. The normalized spacial score (nSPS) is 18.4. The van der Waals surface area contributed by atoms with E-state index in [2.05, 4.69) is 15.6 Å². The fourth-order valence-corrected chi connectivity index (χ4v) is 3.99. The second-order valence-electron chi connectivity index (χ2n) is 8.26. The number of nitrogens with one attached hydrogen (secondary N) is 2. The van der Waals surface area contributed by atoms with Gasteiger partial charge >= 0.3 is 5.91 Å². The molecule has 3 amide bonds. The van der Waals surface area contributed by atoms with Crippen molar-refractivity contribution in [2.45, 2.75) is 12.5 Å². The van der Waals surface area contributed by atoms with Crippen LogP contribution in [0.1, 0.15) is 5.56 Å². The number of allylic oxidation sites excluding steroid dienone is 1. The fourth-order valence-electron chi connectivity index (χ4n) is 3.99. The van der Waals surface area contributed by atoms with Crippen LogP contribution in [-0.2, 0) is 35.0 Å². The summed E-state index contributed by atoms with van der Waals surface area (Å²) in [6.07, 6.45) is 1.90. The molecule has 0 fully saturated rings. The Morgan fingerprint density at radius 3 is 2.41 bits per heavy atom. The number of benzene rings is 1. The van der Waals surface area contributed by atoms with Crippen molar-refractivity contribution in [3.8, 4) is 0 Å². The van der Waals surface area contributed by atoms with Crippen molar-refractivity contribution in [3.63, 3.8) is 0 Å². The molecule has 0 aromatic heterocycles. The predicted octanol–water partition coefficient (Wildman–Crippen LogP) is 0.278. The number of hydrogen-bond acceptors (Lipinski definition) is 8. The van der Waals surface area contributed by atoms with E-state index in [1.54, 1.807) is 12.1 Å². The summed E-state index contributed by atoms with van der Waals surface area (Å²) in [6, 6.07) is 5.83. The molecule has 0 aliphatic carbocycles. The number of aliphatic hydroxyl groups excluding tert-OH is 1. The number of nitrogens with zero attached hydrogens (tertiary/aromatic N) is 2. The Hall–Kier alpha value is -4.16. The maximum Gasteiger partial charge on any atom is 0.434 e. The Labute approximate surface area is 211 Å². The molecule has 3 aliphatic heterocycles. The summed E-state index contributed by atoms with van der Waals surface area (Å²) in [5, 5.41) is 16.0. The summed E-state index contributed by atoms with van der Waals surface area (Å²) < 4.78 is 30.4. The highest BCUT2D eigenvalue weighted by molar-refractivity contribution is 6.52. The minimum absolute atomic E-state index is 0.0283. The van der Waals surface area contributed by atoms with Gasteiger partial charge in [0.1, 0.15) is 5.82 Å². The van der Waals surface area contributed by atoms with Gasteiger partial charge in [0.25, 0.3) is 23.3 Å². The van der Waals surface area contributed by atoms with Crippen molar-refractivity contribution < 1.29 is 42.7 Å². The first-order valence-electron chi connectivity index (χ1n) is 11.4. The van der Waals surface area contributed by atoms with E-state index >= 15 is 0 Å². The lowest BCUT2D eigenvalue weighted by atomic mass is 9.89. The molecule has 0 saturated heterocycles. The summed E-state index contributed by atoms with van der Waals surface area (Å²) in [7, 11) is 2.95. The van der Waals surface area contributed by atoms with Crippen molar-refractivity contribution in [1.29, 1.82) is 0 Å². The van der Waals surface area contributed by atoms with Gasteiger partial charge < -0.3 is 30.0 Å². The van der Waals surface area contributed by atoms with Crippen molar-refractivity contribution in [1.82, 2.24) is 10.6 Å². The lowest BCUT2D eigenvalue weighted by Gasteiger charge is -2.29. The van der Waals surface area contributed by atoms with Crippen LogP contribution >= 0.6 is 0 Å². The maximum absolute atomic E-state index is 13.4. The number of methoxy groups -OCH3 is 2. The smallest absolute Gasteiger partial charge is 0.434 e. The third-order valence-electron chi connectivity index (χ3n) is 5.79. The van der Waals surface area contributed by atoms with E-state index in [-0.39, 0.29) is 49.9 Å². The van der Waals surface area contributed by atoms with Gasteiger partial charge in [0.15, 0.2) is 17.0 Å². The minimum Gasteiger partial charge on any atom is -0.504 e. The number of halogens is 1. The monoisotopic (exact) mass is 513 g/mol. The first kappa shape index (κ1) is 25.9. The standard InChI is InChI=1S/C25H25FN4O7/c1-35-9-7-27-23(32)17-13-30-20-19(21(31)18(25(30)34)24(33)28-8-10-36-2)29-12-15(22(20)37-17)11-14-3-5-16(26)6-4-14/h3-6,12-13,22H,7-11H2,1-2H3,(H2-,27,28,31,32,33,34)/p+1. The van der Waals surface area contributed by atoms with Gasteiger partial charge in [-0.1, -0.05) is 12.1 Å². The van der Waals surface area contributed by atoms with Gasteiger partial charge in [-0.25, -0.2) is 14.2 Å². The summed E-state index contributed by atoms with van der Waals surface area (Å²) in [5.41, 5.74) is 0.913. The minimum atomic E-state index is -0.977. The Bertz CT molecular complexity index is 1280. The molecule has 3 aliphatic rings. The number of ether oxygens (including phenoxy) is 3. The number of aliphatic hydroxyl groups is 1. The molecular formula is C25H26FN4O7+. The molecule has 4 rings (SSSR count). The van der Waals surface area contributed by atoms with Gasteiger partial charge in [0.2, 0.25) is 12.3 Å². The number of rotatable bonds is 10. The van der Waals surface area contributed by atoms with Crippen LogP contribution in [0.25, 0.3) is 0 Å². The Morgan fingerprint density at radius 2 is 1.76 bits per heavy atom. The average Bonchev–Trinajstić information content (AvgIpc) is 2.89. The first-order valence-corrected chi connectivity index (χ1v) is 11.4. The van der Waals surface area contributed by atoms with Crippen molar-refractivity contribution in [2.75, 3.05) is 40.5 Å². The van der Waals surface area contributed by atoms with Crippen LogP contribution in [0.5, 0.6) is 0 Å². The van der Waals surface area contributed by atoms with E-state index in [9.17, 15) is 23.9 Å². The highest BCUT2D eigenvalue weighted by atomic mass is 19.1. The zero-order valence-electron chi connectivity index (χ0n) is 20.2. The number of hydrogen-bond donors (Lipinski definition) is 3. The molecule has 3 heterocycles. The zero-order chi connectivity index (χ0) is 26.5. The average molecular weight is 514 g/mol. The lowest BCUT2D eigenvalue weighted by molar-refractivity contribution is -0.385. The van der Waals surface area contributed by atoms with Gasteiger partial charge in [-0.3, -0.25) is 9.59 Å². The molecule has 37 heavy (non-hydrogen) atoms. The quantitative estimate of drug-likeness (QED) is 0.232. The molecule has 1 atom stereocenters. The third kappa shape index (κ3) is 5.34.